The van der Waals surface area contributed by atoms with Crippen molar-refractivity contribution in [1.29, 1.82) is 5.41 Å². The molecule has 208 valence electrons. The molecule has 1 unspecified atom stereocenters. The first-order valence-electron chi connectivity index (χ1n) is 12.5. The summed E-state index contributed by atoms with van der Waals surface area (Å²) in [5.74, 6) is -0.431. The van der Waals surface area contributed by atoms with Crippen molar-refractivity contribution in [3.63, 3.8) is 0 Å². The highest BCUT2D eigenvalue weighted by Gasteiger charge is 2.40. The zero-order chi connectivity index (χ0) is 28.6. The second kappa shape index (κ2) is 13.1. The first-order chi connectivity index (χ1) is 18.6. The zero-order valence-electron chi connectivity index (χ0n) is 22.0. The Labute approximate surface area is 225 Å². The Morgan fingerprint density at radius 1 is 1.08 bits per heavy atom. The Morgan fingerprint density at radius 2 is 1.77 bits per heavy atom. The number of nitrogens with zero attached hydrogens (tertiary/aromatic N) is 1. The summed E-state index contributed by atoms with van der Waals surface area (Å²) in [6.07, 6.45) is -2.82. The van der Waals surface area contributed by atoms with Crippen molar-refractivity contribution in [2.75, 3.05) is 7.11 Å². The van der Waals surface area contributed by atoms with E-state index in [-0.39, 0.29) is 24.3 Å². The number of halogens is 3. The van der Waals surface area contributed by atoms with E-state index < -0.39 is 35.3 Å². The number of methoxy groups -OCH3 is 1. The van der Waals surface area contributed by atoms with Crippen LogP contribution in [0, 0.1) is 5.41 Å². The topological polar surface area (TPSA) is 104 Å². The number of esters is 1. The van der Waals surface area contributed by atoms with E-state index in [1.54, 1.807) is 36.5 Å². The van der Waals surface area contributed by atoms with Gasteiger partial charge in [0.05, 0.1) is 18.4 Å². The SMILES string of the molecule is CCCc1cc(C(=N)C(F)(F)F)c([OH2+])c(CCC)c1OC(C(=O)OC)c1ccc(OCc2ccccn2)cc1. The molecule has 0 bridgehead atoms. The Balaban J connectivity index is 1.99. The number of pyridine rings is 1. The van der Waals surface area contributed by atoms with Crippen LogP contribution in [0.5, 0.6) is 17.2 Å². The number of ether oxygens (including phenoxy) is 3. The van der Waals surface area contributed by atoms with Gasteiger partial charge in [0, 0.05) is 11.8 Å². The zero-order valence-corrected chi connectivity index (χ0v) is 22.0. The minimum absolute atomic E-state index is 0.174. The lowest BCUT2D eigenvalue weighted by Crippen LogP contribution is -2.24. The lowest BCUT2D eigenvalue weighted by Gasteiger charge is -2.23. The molecule has 7 nitrogen and oxygen atoms in total. The van der Waals surface area contributed by atoms with Gasteiger partial charge in [-0.2, -0.15) is 13.2 Å². The molecule has 3 aromatic rings. The number of alkyl halides is 3. The fourth-order valence-corrected chi connectivity index (χ4v) is 4.08. The van der Waals surface area contributed by atoms with Crippen LogP contribution in [0.4, 0.5) is 13.2 Å². The van der Waals surface area contributed by atoms with Gasteiger partial charge in [-0.25, -0.2) is 4.79 Å². The lowest BCUT2D eigenvalue weighted by molar-refractivity contribution is -0.149. The highest BCUT2D eigenvalue weighted by molar-refractivity contribution is 6.05. The van der Waals surface area contributed by atoms with Crippen molar-refractivity contribution < 1.29 is 37.3 Å². The first kappa shape index (κ1) is 29.5. The highest BCUT2D eigenvalue weighted by atomic mass is 19.4. The Morgan fingerprint density at radius 3 is 2.33 bits per heavy atom. The van der Waals surface area contributed by atoms with E-state index in [1.165, 1.54) is 13.2 Å². The standard InChI is InChI=1S/C29H31F3N2O5/c1-4-8-19-16-23(27(33)29(30,31)32)24(35)22(9-5-2)25(19)39-26(28(36)37-3)18-11-13-21(14-12-18)38-17-20-10-6-7-15-34-20/h6-7,10-16,26,33,35H,4-5,8-9,17H2,1-3H3/p+1. The molecule has 0 aliphatic heterocycles. The van der Waals surface area contributed by atoms with Gasteiger partial charge in [-0.3, -0.25) is 10.4 Å². The van der Waals surface area contributed by atoms with Gasteiger partial charge in [0.25, 0.3) is 5.75 Å². The van der Waals surface area contributed by atoms with Crippen LogP contribution in [0.1, 0.15) is 60.7 Å². The van der Waals surface area contributed by atoms with Gasteiger partial charge in [-0.1, -0.05) is 44.9 Å². The van der Waals surface area contributed by atoms with E-state index in [0.29, 0.717) is 36.1 Å². The summed E-state index contributed by atoms with van der Waals surface area (Å²) < 4.78 is 57.1. The number of aryl methyl sites for hydroxylation is 1. The minimum atomic E-state index is -4.90. The van der Waals surface area contributed by atoms with Crippen molar-refractivity contribution in [3.05, 3.63) is 82.7 Å². The van der Waals surface area contributed by atoms with E-state index >= 15 is 0 Å². The fourth-order valence-electron chi connectivity index (χ4n) is 4.08. The molecule has 0 saturated heterocycles. The number of carbonyl (C=O) groups is 1. The largest absolute Gasteiger partial charge is 0.593 e. The van der Waals surface area contributed by atoms with Crippen LogP contribution >= 0.6 is 0 Å². The van der Waals surface area contributed by atoms with Crippen LogP contribution in [0.2, 0.25) is 0 Å². The average Bonchev–Trinajstić information content (AvgIpc) is 2.93. The van der Waals surface area contributed by atoms with E-state index in [4.69, 9.17) is 24.7 Å². The summed E-state index contributed by atoms with van der Waals surface area (Å²) in [6, 6.07) is 13.3. The predicted molar refractivity (Wildman–Crippen MR) is 141 cm³/mol. The predicted octanol–water partition coefficient (Wildman–Crippen LogP) is 6.23. The Bertz CT molecular complexity index is 1280. The molecule has 3 rings (SSSR count). The molecule has 0 fully saturated rings. The summed E-state index contributed by atoms with van der Waals surface area (Å²) in [5.41, 5.74) is -0.291. The molecule has 1 heterocycles. The number of carbonyl (C=O) groups excluding carboxylic acids is 1. The molecule has 39 heavy (non-hydrogen) atoms. The molecule has 0 amide bonds. The van der Waals surface area contributed by atoms with Crippen molar-refractivity contribution in [2.45, 2.75) is 58.4 Å². The molecule has 10 heteroatoms. The molecule has 0 spiro atoms. The van der Waals surface area contributed by atoms with E-state index in [2.05, 4.69) is 4.98 Å². The monoisotopic (exact) mass is 545 g/mol. The van der Waals surface area contributed by atoms with Crippen LogP contribution in [0.15, 0.2) is 54.7 Å². The third-order valence-corrected chi connectivity index (χ3v) is 5.97. The summed E-state index contributed by atoms with van der Waals surface area (Å²) in [4.78, 5) is 17.0. The number of hydrogen-bond acceptors (Lipinski definition) is 6. The number of benzene rings is 2. The normalized spacial score (nSPS) is 12.1. The Hall–Kier alpha value is -4.08. The Kier molecular flexibility index (Phi) is 9.92. The van der Waals surface area contributed by atoms with Crippen LogP contribution in [0.3, 0.4) is 0 Å². The van der Waals surface area contributed by atoms with Crippen molar-refractivity contribution in [2.24, 2.45) is 0 Å². The second-order valence-electron chi connectivity index (χ2n) is 8.84. The third kappa shape index (κ3) is 7.28. The average molecular weight is 546 g/mol. The van der Waals surface area contributed by atoms with Crippen molar-refractivity contribution in [1.82, 2.24) is 4.98 Å². The van der Waals surface area contributed by atoms with Gasteiger partial charge >= 0.3 is 12.1 Å². The summed E-state index contributed by atoms with van der Waals surface area (Å²) in [5, 5.41) is 16.2. The molecular weight excluding hydrogens is 513 g/mol. The maximum atomic E-state index is 13.4. The van der Waals surface area contributed by atoms with Crippen LogP contribution < -0.4 is 9.47 Å². The highest BCUT2D eigenvalue weighted by Crippen LogP contribution is 2.41. The fraction of sp³-hybridized carbons (Fsp3) is 0.345. The van der Waals surface area contributed by atoms with Gasteiger partial charge in [0.2, 0.25) is 6.10 Å². The smallest absolute Gasteiger partial charge is 0.433 e. The molecule has 0 saturated carbocycles. The number of rotatable bonds is 12. The minimum Gasteiger partial charge on any atom is -0.593 e. The summed E-state index contributed by atoms with van der Waals surface area (Å²) in [6.45, 7) is 3.93. The van der Waals surface area contributed by atoms with Crippen LogP contribution in [-0.4, -0.2) is 35.1 Å². The van der Waals surface area contributed by atoms with Gasteiger partial charge in [0.15, 0.2) is 5.71 Å². The number of aromatic nitrogens is 1. The van der Waals surface area contributed by atoms with E-state index in [1.807, 2.05) is 26.0 Å². The lowest BCUT2D eigenvalue weighted by atomic mass is 9.94. The molecular formula is C29H32F3N2O5+. The van der Waals surface area contributed by atoms with Crippen molar-refractivity contribution in [3.8, 4) is 17.2 Å². The number of nitrogens with one attached hydrogen (secondary N) is 1. The molecule has 0 radical (unpaired) electrons. The van der Waals surface area contributed by atoms with Crippen LogP contribution in [-0.2, 0) is 29.0 Å². The van der Waals surface area contributed by atoms with Gasteiger partial charge in [-0.15, -0.1) is 0 Å². The molecule has 0 aliphatic carbocycles. The molecule has 0 aliphatic rings. The van der Waals surface area contributed by atoms with Crippen LogP contribution in [0.25, 0.3) is 0 Å². The maximum Gasteiger partial charge on any atom is 0.433 e. The van der Waals surface area contributed by atoms with Gasteiger partial charge in [0.1, 0.15) is 23.7 Å². The second-order valence-corrected chi connectivity index (χ2v) is 8.84. The van der Waals surface area contributed by atoms with E-state index in [9.17, 15) is 18.0 Å². The van der Waals surface area contributed by atoms with E-state index in [0.717, 1.165) is 5.69 Å². The van der Waals surface area contributed by atoms with Crippen molar-refractivity contribution >= 4 is 11.7 Å². The first-order valence-corrected chi connectivity index (χ1v) is 12.5. The number of hydrogen-bond donors (Lipinski definition) is 1. The molecule has 3 N–H and O–H groups in total. The molecule has 1 atom stereocenters. The maximum absolute atomic E-state index is 13.4. The van der Waals surface area contributed by atoms with Gasteiger partial charge in [-0.05, 0) is 48.7 Å². The van der Waals surface area contributed by atoms with Gasteiger partial charge < -0.3 is 19.3 Å². The summed E-state index contributed by atoms with van der Waals surface area (Å²) >= 11 is 0. The molecule has 1 aromatic heterocycles. The quantitative estimate of drug-likeness (QED) is 0.165. The molecule has 2 aromatic carbocycles. The summed E-state index contributed by atoms with van der Waals surface area (Å²) in [7, 11) is 1.21. The third-order valence-electron chi connectivity index (χ3n) is 5.97.